The van der Waals surface area contributed by atoms with Crippen molar-refractivity contribution in [2.45, 2.75) is 6.92 Å². The number of benzene rings is 2. The van der Waals surface area contributed by atoms with Crippen molar-refractivity contribution in [1.82, 2.24) is 0 Å². The Hall–Kier alpha value is -2.60. The average molecular weight is 366 g/mol. The number of ether oxygens (including phenoxy) is 4. The summed E-state index contributed by atoms with van der Waals surface area (Å²) in [5.41, 5.74) is 1.47. The molecule has 1 amide bonds. The highest BCUT2D eigenvalue weighted by molar-refractivity contribution is 6.32. The number of halogens is 1. The fraction of sp³-hybridized carbons (Fsp3) is 0.278. The molecule has 0 aliphatic heterocycles. The van der Waals surface area contributed by atoms with Crippen LogP contribution in [-0.4, -0.2) is 33.8 Å². The number of carbonyl (C=O) groups is 1. The Kier molecular flexibility index (Phi) is 6.36. The summed E-state index contributed by atoms with van der Waals surface area (Å²) in [6.45, 7) is 1.76. The molecule has 6 nitrogen and oxygen atoms in total. The van der Waals surface area contributed by atoms with E-state index in [0.717, 1.165) is 5.56 Å². The maximum Gasteiger partial charge on any atom is 0.262 e. The van der Waals surface area contributed by atoms with Gasteiger partial charge in [0.05, 0.1) is 32.0 Å². The molecular formula is C18H20ClNO5. The van der Waals surface area contributed by atoms with Gasteiger partial charge in [0, 0.05) is 12.1 Å². The average Bonchev–Trinajstić information content (AvgIpc) is 2.61. The summed E-state index contributed by atoms with van der Waals surface area (Å²) in [5, 5.41) is 3.10. The van der Waals surface area contributed by atoms with Crippen LogP contribution in [0.1, 0.15) is 5.56 Å². The van der Waals surface area contributed by atoms with Gasteiger partial charge in [0.1, 0.15) is 11.5 Å². The van der Waals surface area contributed by atoms with E-state index in [2.05, 4.69) is 5.32 Å². The van der Waals surface area contributed by atoms with Crippen LogP contribution in [0, 0.1) is 6.92 Å². The van der Waals surface area contributed by atoms with Crippen LogP contribution in [0.5, 0.6) is 23.0 Å². The molecule has 0 saturated carbocycles. The van der Waals surface area contributed by atoms with Gasteiger partial charge in [-0.05, 0) is 24.6 Å². The van der Waals surface area contributed by atoms with Gasteiger partial charge in [0.2, 0.25) is 0 Å². The maximum absolute atomic E-state index is 12.2. The molecule has 134 valence electrons. The summed E-state index contributed by atoms with van der Waals surface area (Å²) >= 11 is 6.05. The highest BCUT2D eigenvalue weighted by Gasteiger charge is 2.14. The Morgan fingerprint density at radius 3 is 2.28 bits per heavy atom. The first-order chi connectivity index (χ1) is 12.0. The van der Waals surface area contributed by atoms with Crippen LogP contribution in [0.25, 0.3) is 0 Å². The first-order valence-electron chi connectivity index (χ1n) is 7.47. The Balaban J connectivity index is 2.08. The summed E-state index contributed by atoms with van der Waals surface area (Å²) in [6, 6.07) is 8.63. The van der Waals surface area contributed by atoms with Gasteiger partial charge in [0.25, 0.3) is 5.91 Å². The van der Waals surface area contributed by atoms with Crippen molar-refractivity contribution >= 4 is 23.2 Å². The standard InChI is InChI=1S/C18H20ClNO5/c1-11-5-6-14(17(7-11)24-4)25-10-18(21)20-13-9-15(22-2)12(19)8-16(13)23-3/h5-9H,10H2,1-4H3,(H,20,21). The van der Waals surface area contributed by atoms with Crippen molar-refractivity contribution in [3.05, 3.63) is 40.9 Å². The van der Waals surface area contributed by atoms with Gasteiger partial charge in [-0.25, -0.2) is 0 Å². The zero-order valence-corrected chi connectivity index (χ0v) is 15.3. The zero-order valence-electron chi connectivity index (χ0n) is 14.5. The van der Waals surface area contributed by atoms with Crippen molar-refractivity contribution < 1.29 is 23.7 Å². The molecule has 0 atom stereocenters. The second-order valence-electron chi connectivity index (χ2n) is 5.18. The summed E-state index contributed by atoms with van der Waals surface area (Å²) in [6.07, 6.45) is 0. The van der Waals surface area contributed by atoms with E-state index in [4.69, 9.17) is 30.5 Å². The van der Waals surface area contributed by atoms with Gasteiger partial charge in [-0.3, -0.25) is 4.79 Å². The minimum Gasteiger partial charge on any atom is -0.495 e. The molecule has 0 heterocycles. The number of amides is 1. The van der Waals surface area contributed by atoms with Crippen LogP contribution in [0.4, 0.5) is 5.69 Å². The largest absolute Gasteiger partial charge is 0.495 e. The molecule has 0 saturated heterocycles. The second kappa shape index (κ2) is 8.48. The third-order valence-electron chi connectivity index (χ3n) is 3.43. The van der Waals surface area contributed by atoms with Gasteiger partial charge in [-0.2, -0.15) is 0 Å². The lowest BCUT2D eigenvalue weighted by Gasteiger charge is -2.14. The Labute approximate surface area is 151 Å². The second-order valence-corrected chi connectivity index (χ2v) is 5.59. The molecule has 25 heavy (non-hydrogen) atoms. The van der Waals surface area contributed by atoms with E-state index in [-0.39, 0.29) is 12.5 Å². The minimum atomic E-state index is -0.356. The predicted molar refractivity (Wildman–Crippen MR) is 96.4 cm³/mol. The van der Waals surface area contributed by atoms with Gasteiger partial charge < -0.3 is 24.3 Å². The molecule has 0 unspecified atom stereocenters. The quantitative estimate of drug-likeness (QED) is 0.810. The van der Waals surface area contributed by atoms with E-state index in [0.29, 0.717) is 33.7 Å². The van der Waals surface area contributed by atoms with Crippen molar-refractivity contribution in [2.24, 2.45) is 0 Å². The first kappa shape index (κ1) is 18.7. The maximum atomic E-state index is 12.2. The highest BCUT2D eigenvalue weighted by Crippen LogP contribution is 2.36. The molecule has 0 radical (unpaired) electrons. The van der Waals surface area contributed by atoms with Gasteiger partial charge in [-0.15, -0.1) is 0 Å². The lowest BCUT2D eigenvalue weighted by Crippen LogP contribution is -2.20. The van der Waals surface area contributed by atoms with Crippen LogP contribution in [0.3, 0.4) is 0 Å². The lowest BCUT2D eigenvalue weighted by atomic mass is 10.2. The van der Waals surface area contributed by atoms with Crippen molar-refractivity contribution in [3.8, 4) is 23.0 Å². The molecule has 7 heteroatoms. The third-order valence-corrected chi connectivity index (χ3v) is 3.72. The Morgan fingerprint density at radius 2 is 1.64 bits per heavy atom. The van der Waals surface area contributed by atoms with Crippen LogP contribution >= 0.6 is 11.6 Å². The normalized spacial score (nSPS) is 10.1. The number of rotatable bonds is 7. The van der Waals surface area contributed by atoms with E-state index in [1.807, 2.05) is 19.1 Å². The van der Waals surface area contributed by atoms with Gasteiger partial charge in [0.15, 0.2) is 18.1 Å². The highest BCUT2D eigenvalue weighted by atomic mass is 35.5. The molecule has 2 aromatic rings. The summed E-state index contributed by atoms with van der Waals surface area (Å²) in [5.74, 6) is 1.55. The summed E-state index contributed by atoms with van der Waals surface area (Å²) < 4.78 is 21.2. The number of methoxy groups -OCH3 is 3. The SMILES string of the molecule is COc1cc(NC(=O)COc2ccc(C)cc2OC)c(OC)cc1Cl. The molecule has 1 N–H and O–H groups in total. The first-order valence-corrected chi connectivity index (χ1v) is 7.85. The molecule has 0 spiro atoms. The Bertz CT molecular complexity index is 763. The zero-order chi connectivity index (χ0) is 18.4. The van der Waals surface area contributed by atoms with Crippen LogP contribution in [0.2, 0.25) is 5.02 Å². The topological polar surface area (TPSA) is 66.0 Å². The molecule has 2 aromatic carbocycles. The van der Waals surface area contributed by atoms with E-state index in [1.54, 1.807) is 25.3 Å². The fourth-order valence-electron chi connectivity index (χ4n) is 2.18. The third kappa shape index (κ3) is 4.70. The van der Waals surface area contributed by atoms with Crippen LogP contribution < -0.4 is 24.3 Å². The van der Waals surface area contributed by atoms with E-state index >= 15 is 0 Å². The van der Waals surface area contributed by atoms with Crippen LogP contribution in [0.15, 0.2) is 30.3 Å². The van der Waals surface area contributed by atoms with E-state index in [1.165, 1.54) is 14.2 Å². The lowest BCUT2D eigenvalue weighted by molar-refractivity contribution is -0.118. The van der Waals surface area contributed by atoms with Gasteiger partial charge in [-0.1, -0.05) is 17.7 Å². The number of anilines is 1. The minimum absolute atomic E-state index is 0.187. The smallest absolute Gasteiger partial charge is 0.262 e. The molecule has 0 aliphatic rings. The monoisotopic (exact) mass is 365 g/mol. The number of carbonyl (C=O) groups excluding carboxylic acids is 1. The fourth-order valence-corrected chi connectivity index (χ4v) is 2.41. The molecule has 0 aliphatic carbocycles. The number of hydrogen-bond acceptors (Lipinski definition) is 5. The number of hydrogen-bond donors (Lipinski definition) is 1. The summed E-state index contributed by atoms with van der Waals surface area (Å²) in [4.78, 5) is 12.2. The molecule has 0 bridgehead atoms. The number of nitrogens with one attached hydrogen (secondary N) is 1. The molecule has 2 rings (SSSR count). The molecular weight excluding hydrogens is 346 g/mol. The van der Waals surface area contributed by atoms with E-state index in [9.17, 15) is 4.79 Å². The number of aryl methyl sites for hydroxylation is 1. The predicted octanol–water partition coefficient (Wildman–Crippen LogP) is 3.69. The molecule has 0 fully saturated rings. The summed E-state index contributed by atoms with van der Waals surface area (Å²) in [7, 11) is 4.53. The molecule has 0 aromatic heterocycles. The van der Waals surface area contributed by atoms with Gasteiger partial charge >= 0.3 is 0 Å². The Morgan fingerprint density at radius 1 is 0.960 bits per heavy atom. The van der Waals surface area contributed by atoms with Crippen LogP contribution in [-0.2, 0) is 4.79 Å². The van der Waals surface area contributed by atoms with Crippen molar-refractivity contribution in [3.63, 3.8) is 0 Å². The van der Waals surface area contributed by atoms with Crippen molar-refractivity contribution in [2.75, 3.05) is 33.3 Å². The van der Waals surface area contributed by atoms with Crippen molar-refractivity contribution in [1.29, 1.82) is 0 Å². The van der Waals surface area contributed by atoms with E-state index < -0.39 is 0 Å².